The Morgan fingerprint density at radius 1 is 0.806 bits per heavy atom. The lowest BCUT2D eigenvalue weighted by Crippen LogP contribution is -2.59. The molecule has 1 unspecified atom stereocenters. The Bertz CT molecular complexity index is 1010. The zero-order valence-electron chi connectivity index (χ0n) is 17.5. The van der Waals surface area contributed by atoms with Gasteiger partial charge < -0.3 is 0 Å². The predicted octanol–water partition coefficient (Wildman–Crippen LogP) is 7.61. The maximum atomic E-state index is 7.63. The van der Waals surface area contributed by atoms with Gasteiger partial charge in [-0.15, -0.1) is 11.6 Å². The maximum absolute atomic E-state index is 7.63. The lowest BCUT2D eigenvalue weighted by molar-refractivity contribution is -0.0305. The van der Waals surface area contributed by atoms with Gasteiger partial charge in [-0.25, -0.2) is 0 Å². The van der Waals surface area contributed by atoms with Crippen molar-refractivity contribution in [2.45, 2.75) is 43.9 Å². The van der Waals surface area contributed by atoms with Crippen LogP contribution in [-0.2, 0) is 0 Å². The summed E-state index contributed by atoms with van der Waals surface area (Å²) in [6.45, 7) is 2.24. The van der Waals surface area contributed by atoms with Crippen LogP contribution in [0.3, 0.4) is 0 Å². The van der Waals surface area contributed by atoms with Crippen LogP contribution in [0, 0.1) is 29.6 Å². The Balaban J connectivity index is 1.61. The number of hydrogen-bond acceptors (Lipinski definition) is 0. The smallest absolute Gasteiger partial charge is 0.118 e. The molecule has 4 aliphatic carbocycles. The van der Waals surface area contributed by atoms with Crippen LogP contribution in [0.2, 0.25) is 10.0 Å². The lowest BCUT2D eigenvalue weighted by atomic mass is 9.49. The largest absolute Gasteiger partial charge is 0.403 e. The SMILES string of the molecule is CC(C(=[N+]=C(Cl)c1ccc(Cl)cc1)c1ccc(Cl)cc1)C1(Cl)C2CC3CC(C2)CC1C3. The van der Waals surface area contributed by atoms with Gasteiger partial charge in [-0.05, 0) is 111 Å². The van der Waals surface area contributed by atoms with E-state index in [1.54, 1.807) is 0 Å². The highest BCUT2D eigenvalue weighted by molar-refractivity contribution is 6.69. The van der Waals surface area contributed by atoms with E-state index in [-0.39, 0.29) is 10.8 Å². The van der Waals surface area contributed by atoms with Crippen LogP contribution in [-0.4, -0.2) is 15.8 Å². The van der Waals surface area contributed by atoms with Crippen molar-refractivity contribution >= 4 is 57.3 Å². The summed E-state index contributed by atoms with van der Waals surface area (Å²) < 4.78 is 4.98. The summed E-state index contributed by atoms with van der Waals surface area (Å²) in [6.07, 6.45) is 6.42. The van der Waals surface area contributed by atoms with Gasteiger partial charge in [0.05, 0.1) is 21.9 Å². The van der Waals surface area contributed by atoms with Crippen molar-refractivity contribution in [3.05, 3.63) is 69.7 Å². The van der Waals surface area contributed by atoms with Crippen LogP contribution in [0.1, 0.15) is 50.2 Å². The fourth-order valence-corrected chi connectivity index (χ4v) is 7.54. The van der Waals surface area contributed by atoms with Crippen molar-refractivity contribution in [2.75, 3.05) is 0 Å². The molecule has 0 aliphatic heterocycles. The molecule has 2 aromatic carbocycles. The van der Waals surface area contributed by atoms with Gasteiger partial charge in [0, 0.05) is 21.6 Å². The number of hydrogen-bond donors (Lipinski definition) is 0. The monoisotopic (exact) mass is 492 g/mol. The molecule has 31 heavy (non-hydrogen) atoms. The molecular weight excluding hydrogens is 468 g/mol. The van der Waals surface area contributed by atoms with E-state index in [9.17, 15) is 0 Å². The molecule has 0 spiro atoms. The van der Waals surface area contributed by atoms with Gasteiger partial charge in [-0.2, -0.15) is 0 Å². The number of nitrogens with zero attached hydrogens (tertiary/aromatic N) is 1. The molecule has 0 saturated heterocycles. The summed E-state index contributed by atoms with van der Waals surface area (Å²) in [5, 5.41) is 1.84. The first kappa shape index (κ1) is 21.9. The third kappa shape index (κ3) is 3.98. The average molecular weight is 494 g/mol. The second kappa shape index (κ2) is 8.44. The molecule has 2 aromatic rings. The second-order valence-corrected chi connectivity index (χ2v) is 11.5. The number of halogens is 4. The molecule has 4 aliphatic rings. The van der Waals surface area contributed by atoms with Gasteiger partial charge in [-0.1, -0.05) is 27.9 Å². The first-order valence-corrected chi connectivity index (χ1v) is 12.7. The standard InChI is InChI=1S/C26H26Cl4N/c1-15(26(30)20-11-16-10-17(13-20)14-21(26)12-16)24(18-2-6-22(27)7-3-18)31-25(29)19-4-8-23(28)9-5-19/h2-9,15-17,20-21H,10-14H2,1H3/q+1. The second-order valence-electron chi connectivity index (χ2n) is 9.66. The minimum Gasteiger partial charge on any atom is -0.118 e. The Morgan fingerprint density at radius 2 is 1.26 bits per heavy atom. The summed E-state index contributed by atoms with van der Waals surface area (Å²) >= 11 is 26.6. The van der Waals surface area contributed by atoms with Crippen molar-refractivity contribution in [1.29, 1.82) is 0 Å². The first-order valence-electron chi connectivity index (χ1n) is 11.2. The van der Waals surface area contributed by atoms with Crippen LogP contribution >= 0.6 is 46.4 Å². The van der Waals surface area contributed by atoms with Crippen LogP contribution in [0.15, 0.2) is 48.5 Å². The van der Waals surface area contributed by atoms with E-state index < -0.39 is 0 Å². The van der Waals surface area contributed by atoms with Crippen molar-refractivity contribution in [3.63, 3.8) is 0 Å². The molecule has 0 aromatic heterocycles. The minimum atomic E-state index is -0.275. The van der Waals surface area contributed by atoms with Crippen LogP contribution in [0.4, 0.5) is 0 Å². The highest BCUT2D eigenvalue weighted by Crippen LogP contribution is 2.63. The van der Waals surface area contributed by atoms with Gasteiger partial charge in [0.2, 0.25) is 0 Å². The highest BCUT2D eigenvalue weighted by atomic mass is 35.5. The minimum absolute atomic E-state index is 0.0754. The van der Waals surface area contributed by atoms with E-state index >= 15 is 0 Å². The highest BCUT2D eigenvalue weighted by Gasteiger charge is 2.61. The third-order valence-corrected chi connectivity index (χ3v) is 9.66. The molecule has 0 N–H and O–H groups in total. The van der Waals surface area contributed by atoms with Crippen molar-refractivity contribution in [3.8, 4) is 0 Å². The molecule has 0 heterocycles. The summed E-state index contributed by atoms with van der Waals surface area (Å²) in [5.74, 6) is 2.90. The molecule has 1 atom stereocenters. The van der Waals surface area contributed by atoms with E-state index in [0.717, 1.165) is 28.7 Å². The summed E-state index contributed by atoms with van der Waals surface area (Å²) in [4.78, 5) is -0.275. The van der Waals surface area contributed by atoms with Crippen LogP contribution in [0.25, 0.3) is 0 Å². The number of rotatable bonds is 4. The van der Waals surface area contributed by atoms with Gasteiger partial charge in [0.25, 0.3) is 0 Å². The third-order valence-electron chi connectivity index (χ3n) is 7.90. The first-order chi connectivity index (χ1) is 14.8. The van der Waals surface area contributed by atoms with Gasteiger partial charge in [0.1, 0.15) is 0 Å². The fraction of sp³-hybridized carbons (Fsp3) is 0.462. The van der Waals surface area contributed by atoms with E-state index in [0.29, 0.717) is 27.1 Å². The number of benzene rings is 2. The molecule has 4 bridgehead atoms. The van der Waals surface area contributed by atoms with Gasteiger partial charge >= 0.3 is 10.9 Å². The predicted molar refractivity (Wildman–Crippen MR) is 134 cm³/mol. The molecule has 0 amide bonds. The fourth-order valence-electron chi connectivity index (χ4n) is 6.61. The number of alkyl halides is 1. The van der Waals surface area contributed by atoms with Gasteiger partial charge in [-0.3, -0.25) is 0 Å². The van der Waals surface area contributed by atoms with Gasteiger partial charge in [0.15, 0.2) is 0 Å². The average Bonchev–Trinajstić information content (AvgIpc) is 2.76. The maximum Gasteiger partial charge on any atom is 0.403 e. The molecular formula is C26H26Cl4N+. The topological polar surface area (TPSA) is 14.1 Å². The zero-order chi connectivity index (χ0) is 21.8. The Labute approximate surface area is 204 Å². The quantitative estimate of drug-likeness (QED) is 0.236. The van der Waals surface area contributed by atoms with Crippen LogP contribution in [0.5, 0.6) is 0 Å². The molecule has 6 rings (SSSR count). The molecule has 1 nitrogen and oxygen atoms in total. The van der Waals surface area contributed by atoms with Crippen LogP contribution < -0.4 is 4.67 Å². The Hall–Kier alpha value is -0.950. The van der Waals surface area contributed by atoms with E-state index in [1.807, 2.05) is 48.5 Å². The Morgan fingerprint density at radius 3 is 1.74 bits per heavy atom. The lowest BCUT2D eigenvalue weighted by Gasteiger charge is -2.59. The van der Waals surface area contributed by atoms with Crippen molar-refractivity contribution in [2.24, 2.45) is 29.6 Å². The molecule has 4 fully saturated rings. The summed E-state index contributed by atoms with van der Waals surface area (Å²) in [5.41, 5.74) is 2.82. The summed E-state index contributed by atoms with van der Waals surface area (Å²) in [7, 11) is 0. The normalized spacial score (nSPS) is 31.9. The van der Waals surface area contributed by atoms with E-state index in [4.69, 9.17) is 51.1 Å². The molecule has 4 saturated carbocycles. The zero-order valence-corrected chi connectivity index (χ0v) is 20.5. The molecule has 162 valence electrons. The molecule has 5 heteroatoms. The Kier molecular flexibility index (Phi) is 5.95. The summed E-state index contributed by atoms with van der Waals surface area (Å²) in [6, 6.07) is 15.3. The van der Waals surface area contributed by atoms with Crippen molar-refractivity contribution in [1.82, 2.24) is 4.67 Å². The molecule has 0 radical (unpaired) electrons. The van der Waals surface area contributed by atoms with Crippen molar-refractivity contribution < 1.29 is 0 Å². The van der Waals surface area contributed by atoms with E-state index in [2.05, 4.69) is 6.92 Å². The van der Waals surface area contributed by atoms with E-state index in [1.165, 1.54) is 32.1 Å².